The SMILES string of the molecule is CCN(CC)c1ccc(C2/C(=C(/O)c3ccc4c(c3)OCCO4)C(=O)C(=O)N2c2cc(C)cc(C)c2)cc1. The van der Waals surface area contributed by atoms with Crippen molar-refractivity contribution in [2.75, 3.05) is 36.1 Å². The van der Waals surface area contributed by atoms with Gasteiger partial charge in [0.15, 0.2) is 11.5 Å². The van der Waals surface area contributed by atoms with Crippen LogP contribution < -0.4 is 19.3 Å². The molecular weight excluding hydrogens is 480 g/mol. The maximum absolute atomic E-state index is 13.5. The average molecular weight is 513 g/mol. The second-order valence-corrected chi connectivity index (χ2v) is 9.64. The number of hydrogen-bond acceptors (Lipinski definition) is 6. The van der Waals surface area contributed by atoms with Gasteiger partial charge in [0, 0.05) is 30.0 Å². The molecule has 1 amide bonds. The van der Waals surface area contributed by atoms with E-state index in [1.807, 2.05) is 56.3 Å². The molecule has 0 spiro atoms. The van der Waals surface area contributed by atoms with Crippen LogP contribution in [0.5, 0.6) is 11.5 Å². The number of ether oxygens (including phenoxy) is 2. The fraction of sp³-hybridized carbons (Fsp3) is 0.290. The van der Waals surface area contributed by atoms with Crippen molar-refractivity contribution < 1.29 is 24.2 Å². The Labute approximate surface area is 222 Å². The average Bonchev–Trinajstić information content (AvgIpc) is 3.18. The molecule has 5 rings (SSSR count). The van der Waals surface area contributed by atoms with E-state index in [1.54, 1.807) is 18.2 Å². The Bertz CT molecular complexity index is 1400. The summed E-state index contributed by atoms with van der Waals surface area (Å²) in [7, 11) is 0. The third-order valence-corrected chi connectivity index (χ3v) is 7.08. The van der Waals surface area contributed by atoms with Gasteiger partial charge in [-0.3, -0.25) is 14.5 Å². The van der Waals surface area contributed by atoms with Gasteiger partial charge in [-0.25, -0.2) is 0 Å². The van der Waals surface area contributed by atoms with Gasteiger partial charge in [-0.05, 0) is 86.8 Å². The fourth-order valence-corrected chi connectivity index (χ4v) is 5.31. The van der Waals surface area contributed by atoms with E-state index >= 15 is 0 Å². The number of carbonyl (C=O) groups excluding carboxylic acids is 2. The second-order valence-electron chi connectivity index (χ2n) is 9.64. The molecule has 7 heteroatoms. The summed E-state index contributed by atoms with van der Waals surface area (Å²) in [6.45, 7) is 10.7. The largest absolute Gasteiger partial charge is 0.507 e. The zero-order chi connectivity index (χ0) is 27.0. The van der Waals surface area contributed by atoms with E-state index < -0.39 is 17.7 Å². The predicted octanol–water partition coefficient (Wildman–Crippen LogP) is 5.55. The zero-order valence-electron chi connectivity index (χ0n) is 22.2. The van der Waals surface area contributed by atoms with Gasteiger partial charge in [0.05, 0.1) is 11.6 Å². The Morgan fingerprint density at radius 3 is 2.16 bits per heavy atom. The number of benzene rings is 3. The van der Waals surface area contributed by atoms with Crippen LogP contribution in [0.3, 0.4) is 0 Å². The molecule has 196 valence electrons. The number of amides is 1. The first-order valence-electron chi connectivity index (χ1n) is 13.0. The second kappa shape index (κ2) is 10.2. The van der Waals surface area contributed by atoms with Gasteiger partial charge in [-0.1, -0.05) is 18.2 Å². The lowest BCUT2D eigenvalue weighted by atomic mass is 9.94. The van der Waals surface area contributed by atoms with Crippen LogP contribution >= 0.6 is 0 Å². The summed E-state index contributed by atoms with van der Waals surface area (Å²) >= 11 is 0. The first-order valence-corrected chi connectivity index (χ1v) is 13.0. The van der Waals surface area contributed by atoms with Crippen LogP contribution in [0.15, 0.2) is 66.2 Å². The quantitative estimate of drug-likeness (QED) is 0.265. The third kappa shape index (κ3) is 4.49. The van der Waals surface area contributed by atoms with Crippen molar-refractivity contribution in [3.63, 3.8) is 0 Å². The van der Waals surface area contributed by atoms with Crippen molar-refractivity contribution in [3.05, 3.63) is 88.5 Å². The molecule has 0 bridgehead atoms. The van der Waals surface area contributed by atoms with Crippen molar-refractivity contribution in [1.29, 1.82) is 0 Å². The smallest absolute Gasteiger partial charge is 0.300 e. The minimum absolute atomic E-state index is 0.0430. The highest BCUT2D eigenvalue weighted by molar-refractivity contribution is 6.51. The standard InChI is InChI=1S/C31H32N2O5/c1-5-32(6-2)23-10-7-21(8-11-23)28-27(29(34)22-9-12-25-26(18-22)38-14-13-37-25)30(35)31(36)33(28)24-16-19(3)15-20(4)17-24/h7-12,15-18,28,34H,5-6,13-14H2,1-4H3/b29-27-. The Balaban J connectivity index is 1.68. The Morgan fingerprint density at radius 1 is 0.895 bits per heavy atom. The minimum Gasteiger partial charge on any atom is -0.507 e. The molecule has 1 N–H and O–H groups in total. The van der Waals surface area contributed by atoms with Crippen molar-refractivity contribution >= 4 is 28.8 Å². The van der Waals surface area contributed by atoms with Crippen LogP contribution in [0.25, 0.3) is 5.76 Å². The molecule has 3 aromatic carbocycles. The monoisotopic (exact) mass is 512 g/mol. The highest BCUT2D eigenvalue weighted by Gasteiger charge is 2.47. The van der Waals surface area contributed by atoms with Crippen molar-refractivity contribution in [1.82, 2.24) is 0 Å². The summed E-state index contributed by atoms with van der Waals surface area (Å²) in [5.74, 6) is -0.581. The number of ketones is 1. The van der Waals surface area contributed by atoms with E-state index in [0.29, 0.717) is 36.0 Å². The summed E-state index contributed by atoms with van der Waals surface area (Å²) < 4.78 is 11.3. The van der Waals surface area contributed by atoms with Crippen LogP contribution in [0.2, 0.25) is 0 Å². The molecule has 0 aliphatic carbocycles. The number of nitrogens with zero attached hydrogens (tertiary/aromatic N) is 2. The molecule has 0 aromatic heterocycles. The molecule has 2 aliphatic rings. The third-order valence-electron chi connectivity index (χ3n) is 7.08. The maximum atomic E-state index is 13.5. The number of Topliss-reactive ketones (excluding diaryl/α,β-unsaturated/α-hetero) is 1. The van der Waals surface area contributed by atoms with Gasteiger partial charge in [0.1, 0.15) is 19.0 Å². The molecule has 7 nitrogen and oxygen atoms in total. The Hall–Kier alpha value is -4.26. The summed E-state index contributed by atoms with van der Waals surface area (Å²) in [5, 5.41) is 11.5. The van der Waals surface area contributed by atoms with E-state index in [0.717, 1.165) is 35.5 Å². The number of anilines is 2. The molecule has 0 radical (unpaired) electrons. The van der Waals surface area contributed by atoms with Crippen LogP contribution in [0.1, 0.15) is 42.1 Å². The molecule has 1 unspecified atom stereocenters. The van der Waals surface area contributed by atoms with Crippen molar-refractivity contribution in [3.8, 4) is 11.5 Å². The van der Waals surface area contributed by atoms with Crippen LogP contribution in [-0.4, -0.2) is 43.1 Å². The molecule has 1 atom stereocenters. The maximum Gasteiger partial charge on any atom is 0.300 e. The highest BCUT2D eigenvalue weighted by Crippen LogP contribution is 2.44. The van der Waals surface area contributed by atoms with Gasteiger partial charge in [0.25, 0.3) is 11.7 Å². The van der Waals surface area contributed by atoms with E-state index in [9.17, 15) is 14.7 Å². The van der Waals surface area contributed by atoms with Crippen molar-refractivity contribution in [2.45, 2.75) is 33.7 Å². The summed E-state index contributed by atoms with van der Waals surface area (Å²) in [6.07, 6.45) is 0. The Morgan fingerprint density at radius 2 is 1.53 bits per heavy atom. The fourth-order valence-electron chi connectivity index (χ4n) is 5.31. The predicted molar refractivity (Wildman–Crippen MR) is 148 cm³/mol. The van der Waals surface area contributed by atoms with E-state index in [4.69, 9.17) is 9.47 Å². The number of rotatable bonds is 6. The van der Waals surface area contributed by atoms with Gasteiger partial charge in [-0.15, -0.1) is 0 Å². The van der Waals surface area contributed by atoms with Crippen LogP contribution in [-0.2, 0) is 9.59 Å². The molecule has 3 aromatic rings. The lowest BCUT2D eigenvalue weighted by Crippen LogP contribution is -2.29. The lowest BCUT2D eigenvalue weighted by molar-refractivity contribution is -0.132. The molecule has 2 aliphatic heterocycles. The Kier molecular flexibility index (Phi) is 6.85. The van der Waals surface area contributed by atoms with Gasteiger partial charge in [-0.2, -0.15) is 0 Å². The number of hydrogen-bond donors (Lipinski definition) is 1. The molecule has 38 heavy (non-hydrogen) atoms. The van der Waals surface area contributed by atoms with E-state index in [-0.39, 0.29) is 11.3 Å². The van der Waals surface area contributed by atoms with Crippen LogP contribution in [0.4, 0.5) is 11.4 Å². The first kappa shape index (κ1) is 25.4. The highest BCUT2D eigenvalue weighted by atomic mass is 16.6. The first-order chi connectivity index (χ1) is 18.3. The number of fused-ring (bicyclic) bond motifs is 1. The van der Waals surface area contributed by atoms with Gasteiger partial charge < -0.3 is 19.5 Å². The lowest BCUT2D eigenvalue weighted by Gasteiger charge is -2.27. The van der Waals surface area contributed by atoms with Gasteiger partial charge in [0.2, 0.25) is 0 Å². The van der Waals surface area contributed by atoms with Gasteiger partial charge >= 0.3 is 0 Å². The summed E-state index contributed by atoms with van der Waals surface area (Å²) in [5.41, 5.74) is 4.78. The van der Waals surface area contributed by atoms with E-state index in [1.165, 1.54) is 4.90 Å². The molecule has 1 fully saturated rings. The molecular formula is C31H32N2O5. The number of aliphatic hydroxyl groups is 1. The minimum atomic E-state index is -0.796. The van der Waals surface area contributed by atoms with Crippen LogP contribution in [0, 0.1) is 13.8 Å². The molecule has 2 heterocycles. The number of aliphatic hydroxyl groups excluding tert-OH is 1. The number of aryl methyl sites for hydroxylation is 2. The molecule has 1 saturated heterocycles. The van der Waals surface area contributed by atoms with Crippen molar-refractivity contribution in [2.24, 2.45) is 0 Å². The van der Waals surface area contributed by atoms with E-state index in [2.05, 4.69) is 18.7 Å². The summed E-state index contributed by atoms with van der Waals surface area (Å²) in [4.78, 5) is 30.8. The molecule has 0 saturated carbocycles. The normalized spacial score (nSPS) is 18.1. The summed E-state index contributed by atoms with van der Waals surface area (Å²) in [6, 6.07) is 17.9. The zero-order valence-corrected chi connectivity index (χ0v) is 22.2. The topological polar surface area (TPSA) is 79.3 Å². The number of carbonyl (C=O) groups is 2.